The van der Waals surface area contributed by atoms with Crippen LogP contribution in [0.5, 0.6) is 0 Å². The molecule has 0 N–H and O–H groups in total. The number of rotatable bonds is 7. The fraction of sp³-hybridized carbons (Fsp3) is 0.409. The maximum Gasteiger partial charge on any atom is 0.135 e. The predicted molar refractivity (Wildman–Crippen MR) is 112 cm³/mol. The molecule has 29 heavy (non-hydrogen) atoms. The molecule has 0 bridgehead atoms. The fourth-order valence-corrected chi connectivity index (χ4v) is 3.61. The zero-order valence-electron chi connectivity index (χ0n) is 17.0. The van der Waals surface area contributed by atoms with E-state index in [-0.39, 0.29) is 0 Å². The van der Waals surface area contributed by atoms with Crippen LogP contribution >= 0.6 is 0 Å². The predicted octanol–water partition coefficient (Wildman–Crippen LogP) is 2.60. The minimum atomic E-state index is 0.613. The third-order valence-electron chi connectivity index (χ3n) is 5.06. The summed E-state index contributed by atoms with van der Waals surface area (Å²) in [6, 6.07) is 10.1. The third kappa shape index (κ3) is 4.63. The zero-order chi connectivity index (χ0) is 20.1. The van der Waals surface area contributed by atoms with Gasteiger partial charge >= 0.3 is 0 Å². The molecule has 4 rings (SSSR count). The summed E-state index contributed by atoms with van der Waals surface area (Å²) in [4.78, 5) is 11.9. The van der Waals surface area contributed by atoms with Crippen molar-refractivity contribution in [1.29, 1.82) is 0 Å². The SMILES string of the molecule is COCCc1nc2c(c(N(C)Cc3cnn(-c4ccccc4)c3)n1)CCOCC2. The summed E-state index contributed by atoms with van der Waals surface area (Å²) >= 11 is 0. The van der Waals surface area contributed by atoms with E-state index in [1.165, 1.54) is 5.56 Å². The Morgan fingerprint density at radius 2 is 1.97 bits per heavy atom. The maximum atomic E-state index is 5.68. The van der Waals surface area contributed by atoms with Crippen molar-refractivity contribution in [3.8, 4) is 5.69 Å². The Hall–Kier alpha value is -2.77. The second kappa shape index (κ2) is 9.15. The highest BCUT2D eigenvalue weighted by molar-refractivity contribution is 5.50. The van der Waals surface area contributed by atoms with Crippen molar-refractivity contribution in [3.05, 3.63) is 65.4 Å². The van der Waals surface area contributed by atoms with Crippen molar-refractivity contribution < 1.29 is 9.47 Å². The van der Waals surface area contributed by atoms with Gasteiger partial charge in [-0.05, 0) is 12.1 Å². The van der Waals surface area contributed by atoms with Crippen molar-refractivity contribution in [2.24, 2.45) is 0 Å². The van der Waals surface area contributed by atoms with E-state index in [2.05, 4.69) is 23.2 Å². The first-order valence-corrected chi connectivity index (χ1v) is 10.00. The summed E-state index contributed by atoms with van der Waals surface area (Å²) in [5.41, 5.74) is 4.48. The van der Waals surface area contributed by atoms with Crippen LogP contribution in [0, 0.1) is 0 Å². The Morgan fingerprint density at radius 3 is 2.79 bits per heavy atom. The van der Waals surface area contributed by atoms with Gasteiger partial charge in [0.2, 0.25) is 0 Å². The van der Waals surface area contributed by atoms with E-state index in [9.17, 15) is 0 Å². The molecule has 7 nitrogen and oxygen atoms in total. The van der Waals surface area contributed by atoms with Gasteiger partial charge in [-0.1, -0.05) is 18.2 Å². The molecular weight excluding hydrogens is 366 g/mol. The Kier molecular flexibility index (Phi) is 6.17. The van der Waals surface area contributed by atoms with Crippen molar-refractivity contribution in [1.82, 2.24) is 19.7 Å². The maximum absolute atomic E-state index is 5.68. The molecule has 152 valence electrons. The quantitative estimate of drug-likeness (QED) is 0.615. The minimum absolute atomic E-state index is 0.613. The number of anilines is 1. The van der Waals surface area contributed by atoms with Gasteiger partial charge in [0.05, 0.1) is 37.4 Å². The Balaban J connectivity index is 1.59. The number of para-hydroxylation sites is 1. The molecule has 7 heteroatoms. The first-order valence-electron chi connectivity index (χ1n) is 10.00. The highest BCUT2D eigenvalue weighted by Crippen LogP contribution is 2.25. The molecule has 0 unspecified atom stereocenters. The standard InChI is InChI=1S/C22H27N5O2/c1-26(15-17-14-23-27(16-17)18-6-4-3-5-7-18)22-19-8-12-29-13-9-20(19)24-21(25-22)10-11-28-2/h3-7,14,16H,8-13,15H2,1-2H3. The number of hydrogen-bond acceptors (Lipinski definition) is 6. The van der Waals surface area contributed by atoms with Gasteiger partial charge in [0.25, 0.3) is 0 Å². The second-order valence-electron chi connectivity index (χ2n) is 7.23. The van der Waals surface area contributed by atoms with E-state index in [1.54, 1.807) is 7.11 Å². The number of ether oxygens (including phenoxy) is 2. The van der Waals surface area contributed by atoms with Crippen LogP contribution in [0.25, 0.3) is 5.69 Å². The topological polar surface area (TPSA) is 65.3 Å². The number of fused-ring (bicyclic) bond motifs is 1. The van der Waals surface area contributed by atoms with Gasteiger partial charge < -0.3 is 14.4 Å². The van der Waals surface area contributed by atoms with E-state index < -0.39 is 0 Å². The number of hydrogen-bond donors (Lipinski definition) is 0. The molecule has 0 saturated heterocycles. The monoisotopic (exact) mass is 393 g/mol. The lowest BCUT2D eigenvalue weighted by Crippen LogP contribution is -2.22. The van der Waals surface area contributed by atoms with Gasteiger partial charge in [-0.2, -0.15) is 5.10 Å². The van der Waals surface area contributed by atoms with Gasteiger partial charge in [-0.15, -0.1) is 0 Å². The molecule has 3 aromatic rings. The van der Waals surface area contributed by atoms with Crippen LogP contribution < -0.4 is 4.90 Å². The molecule has 1 aromatic carbocycles. The third-order valence-corrected chi connectivity index (χ3v) is 5.06. The van der Waals surface area contributed by atoms with Crippen LogP contribution in [-0.4, -0.2) is 53.7 Å². The lowest BCUT2D eigenvalue weighted by atomic mass is 10.1. The molecular formula is C22H27N5O2. The summed E-state index contributed by atoms with van der Waals surface area (Å²) in [6.07, 6.45) is 6.35. The lowest BCUT2D eigenvalue weighted by molar-refractivity contribution is 0.146. The van der Waals surface area contributed by atoms with Crippen LogP contribution in [-0.2, 0) is 35.3 Å². The van der Waals surface area contributed by atoms with Crippen molar-refractivity contribution in [3.63, 3.8) is 0 Å². The first-order chi connectivity index (χ1) is 14.2. The summed E-state index contributed by atoms with van der Waals surface area (Å²) in [6.45, 7) is 2.75. The molecule has 0 fully saturated rings. The van der Waals surface area contributed by atoms with Crippen LogP contribution in [0.4, 0.5) is 5.82 Å². The van der Waals surface area contributed by atoms with Crippen LogP contribution in [0.15, 0.2) is 42.7 Å². The zero-order valence-corrected chi connectivity index (χ0v) is 17.0. The fourth-order valence-electron chi connectivity index (χ4n) is 3.61. The highest BCUT2D eigenvalue weighted by Gasteiger charge is 2.20. The first kappa shape index (κ1) is 19.5. The average Bonchev–Trinajstić information content (AvgIpc) is 3.08. The van der Waals surface area contributed by atoms with Gasteiger partial charge in [-0.25, -0.2) is 14.6 Å². The van der Waals surface area contributed by atoms with E-state index in [0.717, 1.165) is 48.0 Å². The van der Waals surface area contributed by atoms with E-state index in [1.807, 2.05) is 41.2 Å². The van der Waals surface area contributed by atoms with Gasteiger partial charge in [0.1, 0.15) is 11.6 Å². The normalized spacial score (nSPS) is 13.7. The molecule has 2 aromatic heterocycles. The summed E-state index contributed by atoms with van der Waals surface area (Å²) in [5.74, 6) is 1.81. The number of aromatic nitrogens is 4. The summed E-state index contributed by atoms with van der Waals surface area (Å²) in [5, 5.41) is 4.51. The average molecular weight is 393 g/mol. The molecule has 0 radical (unpaired) electrons. The number of methoxy groups -OCH3 is 1. The molecule has 0 saturated carbocycles. The molecule has 1 aliphatic heterocycles. The smallest absolute Gasteiger partial charge is 0.135 e. The number of benzene rings is 1. The van der Waals surface area contributed by atoms with E-state index in [4.69, 9.17) is 19.4 Å². The Morgan fingerprint density at radius 1 is 1.14 bits per heavy atom. The summed E-state index contributed by atoms with van der Waals surface area (Å²) in [7, 11) is 3.78. The van der Waals surface area contributed by atoms with Gasteiger partial charge in [-0.3, -0.25) is 0 Å². The second-order valence-corrected chi connectivity index (χ2v) is 7.23. The van der Waals surface area contributed by atoms with Crippen LogP contribution in [0.3, 0.4) is 0 Å². The van der Waals surface area contributed by atoms with Gasteiger partial charge in [0, 0.05) is 57.3 Å². The van der Waals surface area contributed by atoms with E-state index >= 15 is 0 Å². The number of nitrogens with zero attached hydrogens (tertiary/aromatic N) is 5. The van der Waals surface area contributed by atoms with E-state index in [0.29, 0.717) is 26.2 Å². The van der Waals surface area contributed by atoms with Crippen LogP contribution in [0.1, 0.15) is 22.6 Å². The molecule has 0 atom stereocenters. The molecule has 1 aliphatic rings. The molecule has 0 aliphatic carbocycles. The lowest BCUT2D eigenvalue weighted by Gasteiger charge is -2.22. The Labute approximate surface area is 171 Å². The van der Waals surface area contributed by atoms with Crippen LogP contribution in [0.2, 0.25) is 0 Å². The molecule has 0 amide bonds. The minimum Gasteiger partial charge on any atom is -0.384 e. The highest BCUT2D eigenvalue weighted by atomic mass is 16.5. The van der Waals surface area contributed by atoms with Crippen molar-refractivity contribution in [2.75, 3.05) is 38.9 Å². The molecule has 0 spiro atoms. The molecule has 3 heterocycles. The Bertz CT molecular complexity index is 942. The van der Waals surface area contributed by atoms with Crippen molar-refractivity contribution >= 4 is 5.82 Å². The van der Waals surface area contributed by atoms with Gasteiger partial charge in [0.15, 0.2) is 0 Å². The largest absolute Gasteiger partial charge is 0.384 e. The summed E-state index contributed by atoms with van der Waals surface area (Å²) < 4.78 is 12.8. The van der Waals surface area contributed by atoms with Crippen molar-refractivity contribution in [2.45, 2.75) is 25.8 Å².